The number of nitrogens with zero attached hydrogens (tertiary/aromatic N) is 1. The summed E-state index contributed by atoms with van der Waals surface area (Å²) < 4.78 is 13.4. The fourth-order valence-corrected chi connectivity index (χ4v) is 3.90. The number of aliphatic hydroxyl groups excluding tert-OH is 1. The number of carbonyl (C=O) groups excluding carboxylic acids is 2. The molecule has 4 nitrogen and oxygen atoms in total. The van der Waals surface area contributed by atoms with Crippen LogP contribution in [0.5, 0.6) is 0 Å². The standard InChI is InChI=1S/C23H17ClFNO3/c24-16-5-3-4-15(12-16)21(14-8-10-17(25)11-9-14)20(27)13-26-22(28)18-6-1-2-7-19(18)23(26)29/h1-12,20-21,27H,13H2/t20-,21-/m0/s1. The predicted molar refractivity (Wildman–Crippen MR) is 108 cm³/mol. The number of fused-ring (bicyclic) bond motifs is 1. The summed E-state index contributed by atoms with van der Waals surface area (Å²) in [5.41, 5.74) is 2.00. The van der Waals surface area contributed by atoms with E-state index < -0.39 is 29.7 Å². The third-order valence-corrected chi connectivity index (χ3v) is 5.30. The maximum absolute atomic E-state index is 13.4. The molecule has 29 heavy (non-hydrogen) atoms. The molecule has 3 aromatic carbocycles. The zero-order valence-electron chi connectivity index (χ0n) is 15.3. The van der Waals surface area contributed by atoms with E-state index >= 15 is 0 Å². The summed E-state index contributed by atoms with van der Waals surface area (Å²) >= 11 is 6.12. The van der Waals surface area contributed by atoms with E-state index in [1.165, 1.54) is 12.1 Å². The van der Waals surface area contributed by atoms with Gasteiger partial charge in [-0.1, -0.05) is 48.0 Å². The van der Waals surface area contributed by atoms with Crippen LogP contribution in [0, 0.1) is 5.82 Å². The molecule has 0 saturated heterocycles. The van der Waals surface area contributed by atoms with Crippen LogP contribution in [0.2, 0.25) is 5.02 Å². The van der Waals surface area contributed by atoms with Gasteiger partial charge in [0.15, 0.2) is 0 Å². The van der Waals surface area contributed by atoms with Gasteiger partial charge >= 0.3 is 0 Å². The number of rotatable bonds is 5. The van der Waals surface area contributed by atoms with E-state index in [4.69, 9.17) is 11.6 Å². The molecule has 0 spiro atoms. The van der Waals surface area contributed by atoms with Crippen LogP contribution >= 0.6 is 11.6 Å². The Morgan fingerprint density at radius 1 is 0.862 bits per heavy atom. The number of halogens is 2. The van der Waals surface area contributed by atoms with Gasteiger partial charge in [-0.2, -0.15) is 0 Å². The number of imide groups is 1. The second kappa shape index (κ2) is 7.78. The quantitative estimate of drug-likeness (QED) is 0.640. The average molecular weight is 410 g/mol. The van der Waals surface area contributed by atoms with Gasteiger partial charge in [-0.05, 0) is 47.5 Å². The number of benzene rings is 3. The third kappa shape index (κ3) is 3.67. The lowest BCUT2D eigenvalue weighted by atomic mass is 9.86. The molecule has 2 atom stereocenters. The first-order chi connectivity index (χ1) is 14.0. The lowest BCUT2D eigenvalue weighted by Crippen LogP contribution is -2.39. The van der Waals surface area contributed by atoms with Crippen LogP contribution in [-0.2, 0) is 0 Å². The molecule has 1 N–H and O–H groups in total. The van der Waals surface area contributed by atoms with Crippen LogP contribution in [0.25, 0.3) is 0 Å². The lowest BCUT2D eigenvalue weighted by Gasteiger charge is -2.27. The fourth-order valence-electron chi connectivity index (χ4n) is 3.70. The van der Waals surface area contributed by atoms with E-state index in [-0.39, 0.29) is 6.54 Å². The Kier molecular flexibility index (Phi) is 5.18. The summed E-state index contributed by atoms with van der Waals surface area (Å²) in [7, 11) is 0. The second-order valence-corrected chi connectivity index (χ2v) is 7.35. The first-order valence-corrected chi connectivity index (χ1v) is 9.47. The molecular formula is C23H17ClFNO3. The Bertz CT molecular complexity index is 1050. The van der Waals surface area contributed by atoms with Gasteiger partial charge in [0.05, 0.1) is 23.8 Å². The summed E-state index contributed by atoms with van der Waals surface area (Å²) in [6.07, 6.45) is -1.11. The van der Waals surface area contributed by atoms with Crippen molar-refractivity contribution in [2.24, 2.45) is 0 Å². The van der Waals surface area contributed by atoms with Crippen molar-refractivity contribution in [3.63, 3.8) is 0 Å². The van der Waals surface area contributed by atoms with Crippen LogP contribution in [0.1, 0.15) is 37.8 Å². The number of hydrogen-bond donors (Lipinski definition) is 1. The molecule has 0 saturated carbocycles. The summed E-state index contributed by atoms with van der Waals surface area (Å²) in [4.78, 5) is 26.4. The molecule has 6 heteroatoms. The molecule has 4 rings (SSSR count). The van der Waals surface area contributed by atoms with E-state index in [1.54, 1.807) is 60.7 Å². The average Bonchev–Trinajstić information content (AvgIpc) is 2.95. The van der Waals surface area contributed by atoms with E-state index in [2.05, 4.69) is 0 Å². The zero-order valence-corrected chi connectivity index (χ0v) is 16.0. The van der Waals surface area contributed by atoms with Crippen LogP contribution in [0.3, 0.4) is 0 Å². The van der Waals surface area contributed by atoms with E-state index in [0.29, 0.717) is 27.3 Å². The van der Waals surface area contributed by atoms with Crippen LogP contribution < -0.4 is 0 Å². The minimum absolute atomic E-state index is 0.194. The minimum atomic E-state index is -1.11. The minimum Gasteiger partial charge on any atom is -0.390 e. The van der Waals surface area contributed by atoms with Gasteiger partial charge in [0.1, 0.15) is 5.82 Å². The van der Waals surface area contributed by atoms with Crippen molar-refractivity contribution in [2.75, 3.05) is 6.54 Å². The topological polar surface area (TPSA) is 57.6 Å². The Balaban J connectivity index is 1.67. The van der Waals surface area contributed by atoms with Gasteiger partial charge in [-0.3, -0.25) is 14.5 Å². The molecule has 0 aliphatic carbocycles. The third-order valence-electron chi connectivity index (χ3n) is 5.07. The van der Waals surface area contributed by atoms with Crippen molar-refractivity contribution in [1.29, 1.82) is 0 Å². The molecule has 0 aromatic heterocycles. The van der Waals surface area contributed by atoms with Crippen molar-refractivity contribution in [3.8, 4) is 0 Å². The molecular weight excluding hydrogens is 393 g/mol. The monoisotopic (exact) mass is 409 g/mol. The van der Waals surface area contributed by atoms with E-state index in [0.717, 1.165) is 4.90 Å². The Labute approximate surface area is 172 Å². The zero-order chi connectivity index (χ0) is 20.5. The normalized spacial score (nSPS) is 15.3. The Morgan fingerprint density at radius 3 is 2.07 bits per heavy atom. The van der Waals surface area contributed by atoms with Crippen molar-refractivity contribution in [3.05, 3.63) is 106 Å². The summed E-state index contributed by atoms with van der Waals surface area (Å²) in [6, 6.07) is 19.3. The van der Waals surface area contributed by atoms with Crippen LogP contribution in [0.4, 0.5) is 4.39 Å². The molecule has 0 unspecified atom stereocenters. The van der Waals surface area contributed by atoms with E-state index in [1.807, 2.05) is 0 Å². The molecule has 1 heterocycles. The van der Waals surface area contributed by atoms with E-state index in [9.17, 15) is 19.1 Å². The molecule has 3 aromatic rings. The number of carbonyl (C=O) groups is 2. The summed E-state index contributed by atoms with van der Waals surface area (Å²) in [5, 5.41) is 11.6. The number of β-amino-alcohol motifs (C(OH)–C–C–N with tert-alkyl or cyclic N) is 1. The van der Waals surface area contributed by atoms with Crippen LogP contribution in [0.15, 0.2) is 72.8 Å². The van der Waals surface area contributed by atoms with Gasteiger partial charge in [0, 0.05) is 10.9 Å². The smallest absolute Gasteiger partial charge is 0.261 e. The SMILES string of the molecule is O=C1c2ccccc2C(=O)N1C[C@H](O)[C@@H](c1ccc(F)cc1)c1cccc(Cl)c1. The highest BCUT2D eigenvalue weighted by molar-refractivity contribution is 6.30. The van der Waals surface area contributed by atoms with Crippen molar-refractivity contribution in [1.82, 2.24) is 4.90 Å². The molecule has 2 amide bonds. The van der Waals surface area contributed by atoms with Gasteiger partial charge in [-0.25, -0.2) is 4.39 Å². The largest absolute Gasteiger partial charge is 0.390 e. The van der Waals surface area contributed by atoms with Gasteiger partial charge < -0.3 is 5.11 Å². The number of hydrogen-bond acceptors (Lipinski definition) is 3. The van der Waals surface area contributed by atoms with Crippen molar-refractivity contribution >= 4 is 23.4 Å². The molecule has 146 valence electrons. The number of amides is 2. The van der Waals surface area contributed by atoms with Gasteiger partial charge in [0.2, 0.25) is 0 Å². The summed E-state index contributed by atoms with van der Waals surface area (Å²) in [6.45, 7) is -0.194. The molecule has 1 aliphatic rings. The first kappa shape index (κ1) is 19.3. The lowest BCUT2D eigenvalue weighted by molar-refractivity contribution is 0.0523. The number of aliphatic hydroxyl groups is 1. The Morgan fingerprint density at radius 2 is 1.48 bits per heavy atom. The molecule has 0 bridgehead atoms. The maximum Gasteiger partial charge on any atom is 0.261 e. The highest BCUT2D eigenvalue weighted by Crippen LogP contribution is 2.32. The second-order valence-electron chi connectivity index (χ2n) is 6.92. The Hall–Kier alpha value is -3.02. The summed E-state index contributed by atoms with van der Waals surface area (Å²) in [5.74, 6) is -1.87. The van der Waals surface area contributed by atoms with Gasteiger partial charge in [0.25, 0.3) is 11.8 Å². The predicted octanol–water partition coefficient (Wildman–Crippen LogP) is 4.27. The van der Waals surface area contributed by atoms with Crippen molar-refractivity contribution in [2.45, 2.75) is 12.0 Å². The highest BCUT2D eigenvalue weighted by atomic mass is 35.5. The highest BCUT2D eigenvalue weighted by Gasteiger charge is 2.38. The molecule has 0 fully saturated rings. The fraction of sp³-hybridized carbons (Fsp3) is 0.130. The molecule has 1 aliphatic heterocycles. The van der Waals surface area contributed by atoms with Crippen molar-refractivity contribution < 1.29 is 19.1 Å². The van der Waals surface area contributed by atoms with Gasteiger partial charge in [-0.15, -0.1) is 0 Å². The van der Waals surface area contributed by atoms with Crippen LogP contribution in [-0.4, -0.2) is 34.5 Å². The maximum atomic E-state index is 13.4. The molecule has 0 radical (unpaired) electrons. The first-order valence-electron chi connectivity index (χ1n) is 9.10.